The van der Waals surface area contributed by atoms with E-state index in [4.69, 9.17) is 0 Å². The van der Waals surface area contributed by atoms with Gasteiger partial charge < -0.3 is 10.4 Å². The molecule has 2 aromatic carbocycles. The highest BCUT2D eigenvalue weighted by atomic mass is 19.1. The van der Waals surface area contributed by atoms with E-state index < -0.39 is 12.0 Å². The van der Waals surface area contributed by atoms with Crippen molar-refractivity contribution in [1.82, 2.24) is 5.32 Å². The molecule has 0 aromatic heterocycles. The molecule has 0 aliphatic heterocycles. The number of halogens is 1. The van der Waals surface area contributed by atoms with Gasteiger partial charge in [-0.2, -0.15) is 0 Å². The Labute approximate surface area is 128 Å². The molecule has 4 heteroatoms. The average molecular weight is 299 g/mol. The van der Waals surface area contributed by atoms with E-state index >= 15 is 0 Å². The van der Waals surface area contributed by atoms with Crippen molar-refractivity contribution in [1.29, 1.82) is 0 Å². The first-order valence-electron chi connectivity index (χ1n) is 7.38. The molecule has 3 nitrogen and oxygen atoms in total. The van der Waals surface area contributed by atoms with E-state index in [1.54, 1.807) is 19.1 Å². The first-order valence-corrected chi connectivity index (χ1v) is 7.38. The van der Waals surface area contributed by atoms with E-state index in [-0.39, 0.29) is 17.8 Å². The number of hydrogen-bond acceptors (Lipinski definition) is 2. The molecule has 3 rings (SSSR count). The second kappa shape index (κ2) is 5.89. The number of hydrogen-bond donors (Lipinski definition) is 2. The molecule has 3 atom stereocenters. The van der Waals surface area contributed by atoms with Gasteiger partial charge >= 0.3 is 0 Å². The van der Waals surface area contributed by atoms with E-state index in [9.17, 15) is 14.3 Å². The van der Waals surface area contributed by atoms with Crippen LogP contribution in [0.1, 0.15) is 35.6 Å². The molecule has 3 unspecified atom stereocenters. The number of aliphatic hydroxyl groups is 1. The van der Waals surface area contributed by atoms with Crippen molar-refractivity contribution in [2.24, 2.45) is 0 Å². The topological polar surface area (TPSA) is 49.3 Å². The molecule has 0 spiro atoms. The van der Waals surface area contributed by atoms with Crippen LogP contribution in [0.25, 0.3) is 0 Å². The average Bonchev–Trinajstić information content (AvgIpc) is 2.84. The third-order valence-corrected chi connectivity index (χ3v) is 4.29. The van der Waals surface area contributed by atoms with Gasteiger partial charge in [-0.25, -0.2) is 4.39 Å². The number of carbonyl (C=O) groups is 1. The molecule has 0 bridgehead atoms. The predicted molar refractivity (Wildman–Crippen MR) is 81.9 cm³/mol. The summed E-state index contributed by atoms with van der Waals surface area (Å²) in [5.41, 5.74) is 2.70. The zero-order valence-electron chi connectivity index (χ0n) is 12.3. The van der Waals surface area contributed by atoms with Crippen molar-refractivity contribution in [3.8, 4) is 0 Å². The molecule has 1 amide bonds. The molecule has 0 radical (unpaired) electrons. The molecule has 0 heterocycles. The lowest BCUT2D eigenvalue weighted by molar-refractivity contribution is -0.123. The van der Waals surface area contributed by atoms with E-state index in [2.05, 4.69) is 5.32 Å². The fourth-order valence-corrected chi connectivity index (χ4v) is 2.91. The lowest BCUT2D eigenvalue weighted by Crippen LogP contribution is -2.40. The molecular weight excluding hydrogens is 281 g/mol. The zero-order chi connectivity index (χ0) is 15.7. The highest BCUT2D eigenvalue weighted by Gasteiger charge is 2.32. The van der Waals surface area contributed by atoms with Gasteiger partial charge in [-0.05, 0) is 42.2 Å². The molecule has 114 valence electrons. The summed E-state index contributed by atoms with van der Waals surface area (Å²) in [4.78, 5) is 12.4. The van der Waals surface area contributed by atoms with Crippen molar-refractivity contribution in [2.75, 3.05) is 0 Å². The SMILES string of the molecule is CC(C(=O)NC1Cc2ccccc2C1O)c1ccc(F)cc1. The number of carbonyl (C=O) groups excluding carboxylic acids is 1. The minimum absolute atomic E-state index is 0.163. The highest BCUT2D eigenvalue weighted by molar-refractivity contribution is 5.83. The normalized spacial score (nSPS) is 21.2. The molecular formula is C18H18FNO2. The Bertz CT molecular complexity index is 684. The Kier molecular flexibility index (Phi) is 3.94. The maximum absolute atomic E-state index is 12.9. The number of benzene rings is 2. The first kappa shape index (κ1) is 14.7. The molecule has 0 fully saturated rings. The minimum Gasteiger partial charge on any atom is -0.386 e. The van der Waals surface area contributed by atoms with Crippen LogP contribution in [0, 0.1) is 5.82 Å². The quantitative estimate of drug-likeness (QED) is 0.915. The summed E-state index contributed by atoms with van der Waals surface area (Å²) in [5, 5.41) is 13.2. The van der Waals surface area contributed by atoms with Crippen LogP contribution in [0.15, 0.2) is 48.5 Å². The van der Waals surface area contributed by atoms with Crippen molar-refractivity contribution in [2.45, 2.75) is 31.4 Å². The van der Waals surface area contributed by atoms with Gasteiger partial charge in [0, 0.05) is 0 Å². The summed E-state index contributed by atoms with van der Waals surface area (Å²) in [5.74, 6) is -0.877. The maximum Gasteiger partial charge on any atom is 0.227 e. The number of rotatable bonds is 3. The van der Waals surface area contributed by atoms with Gasteiger partial charge in [-0.3, -0.25) is 4.79 Å². The van der Waals surface area contributed by atoms with Gasteiger partial charge in [-0.1, -0.05) is 36.4 Å². The summed E-state index contributed by atoms with van der Waals surface area (Å²) in [6, 6.07) is 13.3. The monoisotopic (exact) mass is 299 g/mol. The second-order valence-corrected chi connectivity index (χ2v) is 5.74. The Morgan fingerprint density at radius 1 is 1.23 bits per heavy atom. The minimum atomic E-state index is -0.680. The third kappa shape index (κ3) is 2.74. The summed E-state index contributed by atoms with van der Waals surface area (Å²) < 4.78 is 12.9. The molecule has 1 aliphatic carbocycles. The molecule has 1 aliphatic rings. The summed E-state index contributed by atoms with van der Waals surface area (Å²) in [7, 11) is 0. The smallest absolute Gasteiger partial charge is 0.227 e. The van der Waals surface area contributed by atoms with Gasteiger partial charge in [0.25, 0.3) is 0 Å². The van der Waals surface area contributed by atoms with Crippen LogP contribution in [0.2, 0.25) is 0 Å². The van der Waals surface area contributed by atoms with E-state index in [0.717, 1.165) is 16.7 Å². The van der Waals surface area contributed by atoms with E-state index in [1.807, 2.05) is 24.3 Å². The summed E-state index contributed by atoms with van der Waals surface area (Å²) in [6.45, 7) is 1.77. The Balaban J connectivity index is 1.69. The molecule has 22 heavy (non-hydrogen) atoms. The fraction of sp³-hybridized carbons (Fsp3) is 0.278. The van der Waals surface area contributed by atoms with Crippen LogP contribution in [-0.4, -0.2) is 17.1 Å². The zero-order valence-corrected chi connectivity index (χ0v) is 12.3. The van der Waals surface area contributed by atoms with Gasteiger partial charge in [-0.15, -0.1) is 0 Å². The number of amides is 1. The van der Waals surface area contributed by atoms with Crippen LogP contribution >= 0.6 is 0 Å². The largest absolute Gasteiger partial charge is 0.386 e. The fourth-order valence-electron chi connectivity index (χ4n) is 2.91. The van der Waals surface area contributed by atoms with Crippen LogP contribution in [0.5, 0.6) is 0 Å². The van der Waals surface area contributed by atoms with E-state index in [0.29, 0.717) is 6.42 Å². The van der Waals surface area contributed by atoms with Gasteiger partial charge in [0.15, 0.2) is 0 Å². The Morgan fingerprint density at radius 2 is 1.91 bits per heavy atom. The molecule has 0 saturated heterocycles. The van der Waals surface area contributed by atoms with E-state index in [1.165, 1.54) is 12.1 Å². The predicted octanol–water partition coefficient (Wildman–Crippen LogP) is 2.70. The highest BCUT2D eigenvalue weighted by Crippen LogP contribution is 2.31. The number of nitrogens with one attached hydrogen (secondary N) is 1. The number of fused-ring (bicyclic) bond motifs is 1. The van der Waals surface area contributed by atoms with Crippen molar-refractivity contribution in [3.05, 3.63) is 71.0 Å². The Morgan fingerprint density at radius 3 is 2.59 bits per heavy atom. The second-order valence-electron chi connectivity index (χ2n) is 5.74. The van der Waals surface area contributed by atoms with Crippen LogP contribution in [0.4, 0.5) is 4.39 Å². The summed E-state index contributed by atoms with van der Waals surface area (Å²) in [6.07, 6.45) is -0.0558. The number of aliphatic hydroxyl groups excluding tert-OH is 1. The molecule has 0 saturated carbocycles. The van der Waals surface area contributed by atoms with Gasteiger partial charge in [0.1, 0.15) is 5.82 Å². The molecule has 2 N–H and O–H groups in total. The third-order valence-electron chi connectivity index (χ3n) is 4.29. The Hall–Kier alpha value is -2.20. The van der Waals surface area contributed by atoms with Crippen molar-refractivity contribution in [3.63, 3.8) is 0 Å². The van der Waals surface area contributed by atoms with Gasteiger partial charge in [0.05, 0.1) is 18.1 Å². The first-order chi connectivity index (χ1) is 10.6. The standard InChI is InChI=1S/C18H18FNO2/c1-11(12-6-8-14(19)9-7-12)18(22)20-16-10-13-4-2-3-5-15(13)17(16)21/h2-9,11,16-17,21H,10H2,1H3,(H,20,22). The van der Waals surface area contributed by atoms with Crippen LogP contribution in [-0.2, 0) is 11.2 Å². The van der Waals surface area contributed by atoms with Crippen molar-refractivity contribution >= 4 is 5.91 Å². The van der Waals surface area contributed by atoms with Crippen molar-refractivity contribution < 1.29 is 14.3 Å². The van der Waals surface area contributed by atoms with Gasteiger partial charge in [0.2, 0.25) is 5.91 Å². The lowest BCUT2D eigenvalue weighted by Gasteiger charge is -2.20. The summed E-state index contributed by atoms with van der Waals surface area (Å²) >= 11 is 0. The maximum atomic E-state index is 12.9. The van der Waals surface area contributed by atoms with Crippen LogP contribution in [0.3, 0.4) is 0 Å². The van der Waals surface area contributed by atoms with Crippen LogP contribution < -0.4 is 5.32 Å². The lowest BCUT2D eigenvalue weighted by atomic mass is 9.99. The molecule has 2 aromatic rings.